The van der Waals surface area contributed by atoms with Crippen LogP contribution in [0.25, 0.3) is 0 Å². The highest BCUT2D eigenvalue weighted by atomic mass is 32.2. The van der Waals surface area contributed by atoms with E-state index in [0.29, 0.717) is 31.3 Å². The molecule has 0 radical (unpaired) electrons. The average molecular weight is 335 g/mol. The van der Waals surface area contributed by atoms with E-state index in [1.54, 1.807) is 4.90 Å². The highest BCUT2D eigenvalue weighted by molar-refractivity contribution is 7.91. The molecule has 2 fully saturated rings. The Morgan fingerprint density at radius 2 is 1.83 bits per heavy atom. The molecule has 1 aliphatic heterocycles. The summed E-state index contributed by atoms with van der Waals surface area (Å²) in [4.78, 5) is 14.4. The number of hydrogen-bond acceptors (Lipinski definition) is 3. The van der Waals surface area contributed by atoms with Crippen molar-refractivity contribution in [2.45, 2.75) is 38.5 Å². The maximum Gasteiger partial charge on any atom is 0.226 e. The Bertz CT molecular complexity index is 679. The van der Waals surface area contributed by atoms with E-state index in [2.05, 4.69) is 38.1 Å². The molecule has 5 heteroatoms. The molecule has 1 saturated carbocycles. The largest absolute Gasteiger partial charge is 0.341 e. The Balaban J connectivity index is 1.62. The molecule has 1 aromatic rings. The lowest BCUT2D eigenvalue weighted by Gasteiger charge is -2.19. The van der Waals surface area contributed by atoms with Crippen LogP contribution in [0.4, 0.5) is 0 Å². The van der Waals surface area contributed by atoms with Crippen molar-refractivity contribution in [1.82, 2.24) is 4.90 Å². The van der Waals surface area contributed by atoms with Crippen LogP contribution < -0.4 is 0 Å². The minimum atomic E-state index is -2.96. The smallest absolute Gasteiger partial charge is 0.226 e. The van der Waals surface area contributed by atoms with Crippen molar-refractivity contribution in [3.8, 4) is 0 Å². The molecular weight excluding hydrogens is 310 g/mol. The van der Waals surface area contributed by atoms with Gasteiger partial charge in [0.2, 0.25) is 5.91 Å². The monoisotopic (exact) mass is 335 g/mol. The van der Waals surface area contributed by atoms with Crippen molar-refractivity contribution in [3.05, 3.63) is 35.4 Å². The number of carbonyl (C=O) groups is 1. The SMILES string of the molecule is CC(C)c1ccc([C@H]2C[C@H]2C(=O)N2CCCS(=O)(=O)CC2)cc1. The lowest BCUT2D eigenvalue weighted by Crippen LogP contribution is -2.35. The van der Waals surface area contributed by atoms with E-state index in [1.165, 1.54) is 11.1 Å². The minimum absolute atomic E-state index is 0.0423. The summed E-state index contributed by atoms with van der Waals surface area (Å²) >= 11 is 0. The van der Waals surface area contributed by atoms with Gasteiger partial charge >= 0.3 is 0 Å². The molecule has 0 unspecified atom stereocenters. The molecule has 1 saturated heterocycles. The third-order valence-electron chi connectivity index (χ3n) is 5.01. The first-order valence-corrected chi connectivity index (χ1v) is 10.3. The van der Waals surface area contributed by atoms with Crippen LogP contribution in [-0.2, 0) is 14.6 Å². The maximum absolute atomic E-state index is 12.6. The van der Waals surface area contributed by atoms with Gasteiger partial charge in [-0.1, -0.05) is 38.1 Å². The number of sulfone groups is 1. The zero-order valence-corrected chi connectivity index (χ0v) is 14.7. The van der Waals surface area contributed by atoms with Gasteiger partial charge in [-0.25, -0.2) is 8.42 Å². The fourth-order valence-electron chi connectivity index (χ4n) is 3.36. The molecule has 1 amide bonds. The van der Waals surface area contributed by atoms with Crippen LogP contribution in [0, 0.1) is 5.92 Å². The summed E-state index contributed by atoms with van der Waals surface area (Å²) in [5.41, 5.74) is 2.55. The third kappa shape index (κ3) is 3.77. The molecule has 3 rings (SSSR count). The van der Waals surface area contributed by atoms with E-state index in [0.717, 1.165) is 6.42 Å². The molecular formula is C18H25NO3S. The zero-order chi connectivity index (χ0) is 16.6. The predicted octanol–water partition coefficient (Wildman–Crippen LogP) is 2.56. The molecule has 1 heterocycles. The van der Waals surface area contributed by atoms with Gasteiger partial charge in [-0.2, -0.15) is 0 Å². The van der Waals surface area contributed by atoms with E-state index >= 15 is 0 Å². The van der Waals surface area contributed by atoms with E-state index < -0.39 is 9.84 Å². The molecule has 2 aliphatic rings. The summed E-state index contributed by atoms with van der Waals surface area (Å²) in [6.07, 6.45) is 1.46. The Hall–Kier alpha value is -1.36. The summed E-state index contributed by atoms with van der Waals surface area (Å²) in [5, 5.41) is 0. The van der Waals surface area contributed by atoms with Crippen LogP contribution >= 0.6 is 0 Å². The lowest BCUT2D eigenvalue weighted by atomic mass is 10.00. The van der Waals surface area contributed by atoms with Gasteiger partial charge in [0.15, 0.2) is 9.84 Å². The Kier molecular flexibility index (Phi) is 4.50. The maximum atomic E-state index is 12.6. The molecule has 23 heavy (non-hydrogen) atoms. The Morgan fingerprint density at radius 1 is 1.13 bits per heavy atom. The summed E-state index contributed by atoms with van der Waals surface area (Å²) in [5.74, 6) is 1.32. The van der Waals surface area contributed by atoms with Crippen LogP contribution in [0.5, 0.6) is 0 Å². The van der Waals surface area contributed by atoms with Crippen molar-refractivity contribution in [2.75, 3.05) is 24.6 Å². The molecule has 0 bridgehead atoms. The number of benzene rings is 1. The molecule has 0 spiro atoms. The fraction of sp³-hybridized carbons (Fsp3) is 0.611. The Labute approximate surface area is 138 Å². The van der Waals surface area contributed by atoms with Crippen molar-refractivity contribution < 1.29 is 13.2 Å². The summed E-state index contributed by atoms with van der Waals surface area (Å²) in [7, 11) is -2.96. The van der Waals surface area contributed by atoms with Crippen molar-refractivity contribution in [1.29, 1.82) is 0 Å². The second-order valence-corrected chi connectivity index (χ2v) is 9.40. The topological polar surface area (TPSA) is 54.5 Å². The molecule has 1 aromatic carbocycles. The summed E-state index contributed by atoms with van der Waals surface area (Å²) < 4.78 is 23.3. The van der Waals surface area contributed by atoms with E-state index in [1.807, 2.05) is 0 Å². The first-order valence-electron chi connectivity index (χ1n) is 8.46. The summed E-state index contributed by atoms with van der Waals surface area (Å²) in [6.45, 7) is 5.28. The quantitative estimate of drug-likeness (QED) is 0.853. The highest BCUT2D eigenvalue weighted by Gasteiger charge is 2.45. The number of hydrogen-bond donors (Lipinski definition) is 0. The van der Waals surface area contributed by atoms with Crippen LogP contribution in [-0.4, -0.2) is 43.8 Å². The average Bonchev–Trinajstić information content (AvgIpc) is 3.31. The first kappa shape index (κ1) is 16.5. The highest BCUT2D eigenvalue weighted by Crippen LogP contribution is 2.48. The number of carbonyl (C=O) groups excluding carboxylic acids is 1. The Morgan fingerprint density at radius 3 is 2.48 bits per heavy atom. The predicted molar refractivity (Wildman–Crippen MR) is 91.2 cm³/mol. The third-order valence-corrected chi connectivity index (χ3v) is 6.72. The molecule has 126 valence electrons. The molecule has 0 aromatic heterocycles. The van der Waals surface area contributed by atoms with Crippen molar-refractivity contribution >= 4 is 15.7 Å². The van der Waals surface area contributed by atoms with Gasteiger partial charge in [0.05, 0.1) is 11.5 Å². The van der Waals surface area contributed by atoms with Gasteiger partial charge in [-0.15, -0.1) is 0 Å². The van der Waals surface area contributed by atoms with Gasteiger partial charge < -0.3 is 4.90 Å². The fourth-order valence-corrected chi connectivity index (χ4v) is 4.63. The molecule has 2 atom stereocenters. The van der Waals surface area contributed by atoms with Gasteiger partial charge in [0.25, 0.3) is 0 Å². The first-order chi connectivity index (χ1) is 10.9. The minimum Gasteiger partial charge on any atom is -0.341 e. The van der Waals surface area contributed by atoms with Crippen LogP contribution in [0.2, 0.25) is 0 Å². The lowest BCUT2D eigenvalue weighted by molar-refractivity contribution is -0.132. The number of amides is 1. The molecule has 1 aliphatic carbocycles. The standard InChI is InChI=1S/C18H25NO3S/c1-13(2)14-4-6-15(7-5-14)16-12-17(16)18(20)19-8-3-10-23(21,22)11-9-19/h4-7,13,16-17H,3,8-12H2,1-2H3/t16-,17-/m1/s1. The van der Waals surface area contributed by atoms with Gasteiger partial charge in [0, 0.05) is 19.0 Å². The molecule has 0 N–H and O–H groups in total. The molecule has 4 nitrogen and oxygen atoms in total. The van der Waals surface area contributed by atoms with Crippen molar-refractivity contribution in [3.63, 3.8) is 0 Å². The van der Waals surface area contributed by atoms with Gasteiger partial charge in [0.1, 0.15) is 0 Å². The normalized spacial score (nSPS) is 26.8. The second-order valence-electron chi connectivity index (χ2n) is 7.10. The number of nitrogens with zero attached hydrogens (tertiary/aromatic N) is 1. The van der Waals surface area contributed by atoms with E-state index in [-0.39, 0.29) is 23.3 Å². The zero-order valence-electron chi connectivity index (χ0n) is 13.9. The summed E-state index contributed by atoms with van der Waals surface area (Å²) in [6, 6.07) is 8.58. The van der Waals surface area contributed by atoms with Gasteiger partial charge in [-0.05, 0) is 35.8 Å². The van der Waals surface area contributed by atoms with Crippen LogP contribution in [0.15, 0.2) is 24.3 Å². The van der Waals surface area contributed by atoms with E-state index in [9.17, 15) is 13.2 Å². The van der Waals surface area contributed by atoms with Crippen molar-refractivity contribution in [2.24, 2.45) is 5.92 Å². The van der Waals surface area contributed by atoms with E-state index in [4.69, 9.17) is 0 Å². The van der Waals surface area contributed by atoms with Crippen LogP contribution in [0.1, 0.15) is 49.7 Å². The van der Waals surface area contributed by atoms with Gasteiger partial charge in [-0.3, -0.25) is 4.79 Å². The number of rotatable bonds is 3. The van der Waals surface area contributed by atoms with Crippen LogP contribution in [0.3, 0.4) is 0 Å². The second kappa shape index (κ2) is 6.27.